The van der Waals surface area contributed by atoms with Crippen molar-refractivity contribution in [3.63, 3.8) is 0 Å². The Hall–Kier alpha value is -15.6. The largest absolute Gasteiger partial charge is 0.508 e. The zero-order valence-electron chi connectivity index (χ0n) is 82.5. The van der Waals surface area contributed by atoms with E-state index in [4.69, 9.17) is 71.3 Å². The highest BCUT2D eigenvalue weighted by Crippen LogP contribution is 2.53. The average molecular weight is 2070 g/mol. The van der Waals surface area contributed by atoms with E-state index in [0.717, 1.165) is 20.8 Å². The second-order valence-electron chi connectivity index (χ2n) is 36.4. The van der Waals surface area contributed by atoms with Gasteiger partial charge in [-0.25, -0.2) is 4.98 Å². The molecule has 11 rings (SSSR count). The third-order valence-electron chi connectivity index (χ3n) is 24.4. The van der Waals surface area contributed by atoms with Gasteiger partial charge in [0.15, 0.2) is 24.6 Å². The summed E-state index contributed by atoms with van der Waals surface area (Å²) in [6.07, 6.45) is -3.58. The number of para-hydroxylation sites is 1. The molecule has 0 bridgehead atoms. The topological polar surface area (TPSA) is 825 Å². The number of Topliss-reactive ketones (excluding diaryl/α,β-unsaturated/α-hetero) is 1. The molecule has 6 aromatic rings. The van der Waals surface area contributed by atoms with Crippen molar-refractivity contribution in [1.29, 1.82) is 5.41 Å². The van der Waals surface area contributed by atoms with Gasteiger partial charge < -0.3 is 155 Å². The molecular weight excluding hydrogens is 1940 g/mol. The number of ether oxygens (including phenoxy) is 4. The summed E-state index contributed by atoms with van der Waals surface area (Å²) in [6.45, 7) is 5.50. The number of benzene rings is 4. The van der Waals surface area contributed by atoms with Gasteiger partial charge in [-0.05, 0) is 112 Å². The predicted octanol–water partition coefficient (Wildman–Crippen LogP) is -2.51. The van der Waals surface area contributed by atoms with Crippen LogP contribution in [0.25, 0.3) is 10.9 Å². The number of fused-ring (bicyclic) bond motifs is 4. The molecule has 3 saturated heterocycles. The van der Waals surface area contributed by atoms with Gasteiger partial charge in [-0.3, -0.25) is 96.5 Å². The zero-order valence-corrected chi connectivity index (χ0v) is 82.5. The summed E-state index contributed by atoms with van der Waals surface area (Å²) in [5.74, 6) is -19.1. The molecule has 51 heteroatoms. The number of aliphatic carboxylic acids is 3. The number of methoxy groups -OCH3 is 1. The first-order chi connectivity index (χ1) is 70.0. The van der Waals surface area contributed by atoms with E-state index in [1.54, 1.807) is 44.3 Å². The third-order valence-corrected chi connectivity index (χ3v) is 24.4. The van der Waals surface area contributed by atoms with Crippen LogP contribution in [-0.2, 0) is 121 Å². The summed E-state index contributed by atoms with van der Waals surface area (Å²) in [7, 11) is 1.26. The van der Waals surface area contributed by atoms with E-state index < -0.39 is 265 Å². The number of carbonyl (C=O) groups excluding carboxylic acids is 16. The number of aromatic amines is 2. The van der Waals surface area contributed by atoms with Crippen molar-refractivity contribution in [1.82, 2.24) is 78.3 Å². The number of nitrogens with two attached hydrogens (primary N) is 3. The fourth-order valence-corrected chi connectivity index (χ4v) is 17.2. The minimum Gasteiger partial charge on any atom is -0.508 e. The number of hydrogen-bond donors (Lipinski definition) is 26. The van der Waals surface area contributed by atoms with Gasteiger partial charge in [-0.15, -0.1) is 0 Å². The standard InChI is InChI=1S/C91H117N19O26.3C2H4O2/c1-44(2)31-58(83(125)104-57(17-11-29-98-90(94)95)89(131)110-30-12-18-63(110)88(130)100-40-67(93)114)105-81(123)55(16-7-8-28-97-68(115)20-10-21-70(117)134-42-66(113)91(132)36-52-73(65(37-91)136-71-35-53(92)76(118)45(3)135-71)80(122)75-74(78(52)120)77(119)51-14-9-19-64(133-4)72(51)79(75)121)103-84(126)59(32-46-22-24-49(112)25-23-46)106-87(129)62(41-111)109-85(127)60(33-47-38-99-54-15-6-5-13-50(47)54)107-86(128)61(34-48-39-96-43-101-48)108-82(124)56-26-27-69(116)102-56;3*1-2(3)4/h5-6,9,13-15,19,22-25,38-39,43-45,53,55-63,65,71,76,99,111-112,118,120,122,132H,7-8,10-12,16-18,20-21,26-37,40-42,92H2,1-4H3,(H2,93,114)(H,96,101)(H,97,115)(H,100,130)(H,102,116)(H,103,126)(H,104,125)(H,105,123)(H,106,129)(H,107,128)(H,108,124)(H,109,127)(H4,94,95,98);3*1H3,(H,3,4)/t45-,53-,55+,56-,57-,58-,59-,60-,61-,62-,63-,65-,71-,76+,91-;;;/m0.../s1. The van der Waals surface area contributed by atoms with Crippen molar-refractivity contribution >= 4 is 129 Å². The molecule has 3 aliphatic heterocycles. The monoisotopic (exact) mass is 2070 g/mol. The molecule has 0 radical (unpaired) electrons. The third kappa shape index (κ3) is 34.0. The van der Waals surface area contributed by atoms with Crippen LogP contribution in [0.2, 0.25) is 0 Å². The molecule has 0 saturated carbocycles. The summed E-state index contributed by atoms with van der Waals surface area (Å²) in [5.41, 5.74) is 14.1. The number of ketones is 3. The fraction of sp³-hybridized carbons (Fsp3) is 0.495. The Bertz CT molecular complexity index is 5760. The number of likely N-dealkylation sites (tertiary alicyclic amines) is 1. The number of aromatic nitrogens is 3. The first kappa shape index (κ1) is 118. The number of phenols is 3. The number of hydrogen-bond acceptors (Lipinski definition) is 32. The van der Waals surface area contributed by atoms with E-state index >= 15 is 9.59 Å². The van der Waals surface area contributed by atoms with Crippen LogP contribution in [0.5, 0.6) is 23.0 Å². The fourth-order valence-electron chi connectivity index (χ4n) is 17.2. The van der Waals surface area contributed by atoms with E-state index in [1.165, 1.54) is 73.9 Å². The van der Waals surface area contributed by atoms with Crippen LogP contribution in [0.3, 0.4) is 0 Å². The van der Waals surface area contributed by atoms with Crippen molar-refractivity contribution in [2.45, 2.75) is 254 Å². The number of esters is 1. The lowest BCUT2D eigenvalue weighted by molar-refractivity contribution is -0.247. The second kappa shape index (κ2) is 55.6. The Labute approximate surface area is 847 Å². The number of nitrogens with zero attached hydrogens (tertiary/aromatic N) is 2. The van der Waals surface area contributed by atoms with Crippen molar-refractivity contribution in [3.8, 4) is 23.0 Å². The Balaban J connectivity index is 0.00000211. The number of primary amides is 1. The Morgan fingerprint density at radius 2 is 1.25 bits per heavy atom. The van der Waals surface area contributed by atoms with Crippen molar-refractivity contribution < 1.29 is 156 Å². The van der Waals surface area contributed by atoms with Gasteiger partial charge in [0.25, 0.3) is 17.9 Å². The Morgan fingerprint density at radius 3 is 1.86 bits per heavy atom. The van der Waals surface area contributed by atoms with E-state index in [-0.39, 0.29) is 161 Å². The summed E-state index contributed by atoms with van der Waals surface area (Å²) in [4.78, 5) is 263. The summed E-state index contributed by atoms with van der Waals surface area (Å²) >= 11 is 0. The molecular formula is C97H129N19O32. The van der Waals surface area contributed by atoms with Crippen molar-refractivity contribution in [2.24, 2.45) is 23.1 Å². The normalized spacial score (nSPS) is 19.2. The van der Waals surface area contributed by atoms with Crippen molar-refractivity contribution in [3.05, 3.63) is 136 Å². The Kier molecular flexibility index (Phi) is 44.2. The van der Waals surface area contributed by atoms with E-state index in [9.17, 15) is 97.8 Å². The molecule has 2 aliphatic carbocycles. The summed E-state index contributed by atoms with van der Waals surface area (Å²) in [5, 5.41) is 128. The van der Waals surface area contributed by atoms with Crippen LogP contribution in [0.4, 0.5) is 0 Å². The van der Waals surface area contributed by atoms with Gasteiger partial charge in [0, 0.05) is 150 Å². The molecule has 15 atom stereocenters. The molecule has 0 unspecified atom stereocenters. The molecule has 5 aliphatic rings. The molecule has 12 amide bonds. The van der Waals surface area contributed by atoms with Gasteiger partial charge >= 0.3 is 5.97 Å². The number of carbonyl (C=O) groups is 19. The lowest BCUT2D eigenvalue weighted by Gasteiger charge is -2.42. The van der Waals surface area contributed by atoms with Gasteiger partial charge in [0.2, 0.25) is 82.5 Å². The number of aromatic hydroxyl groups is 3. The number of rotatable bonds is 46. The summed E-state index contributed by atoms with van der Waals surface area (Å²) < 4.78 is 22.9. The first-order valence-electron chi connectivity index (χ1n) is 47.7. The number of amides is 12. The maximum atomic E-state index is 15.3. The maximum Gasteiger partial charge on any atom is 0.306 e. The highest BCUT2D eigenvalue weighted by molar-refractivity contribution is 6.31. The van der Waals surface area contributed by atoms with Crippen LogP contribution in [0, 0.1) is 11.3 Å². The quantitative estimate of drug-likeness (QED) is 0.00616. The van der Waals surface area contributed by atoms with Gasteiger partial charge in [-0.2, -0.15) is 0 Å². The maximum absolute atomic E-state index is 15.3. The number of phenolic OH excluding ortho intramolecular Hbond substituents is 3. The van der Waals surface area contributed by atoms with Gasteiger partial charge in [0.05, 0.1) is 61.6 Å². The molecule has 3 fully saturated rings. The average Bonchev–Trinajstić information content (AvgIpc) is 0.735. The highest BCUT2D eigenvalue weighted by atomic mass is 16.7. The number of H-pyrrole nitrogens is 2. The molecule has 29 N–H and O–H groups in total. The lowest BCUT2D eigenvalue weighted by Crippen LogP contribution is -2.61. The zero-order chi connectivity index (χ0) is 109. The van der Waals surface area contributed by atoms with Crippen LogP contribution in [0.15, 0.2) is 85.5 Å². The molecule has 2 aromatic heterocycles. The smallest absolute Gasteiger partial charge is 0.306 e. The van der Waals surface area contributed by atoms with Crippen LogP contribution >= 0.6 is 0 Å². The predicted molar refractivity (Wildman–Crippen MR) is 520 cm³/mol. The van der Waals surface area contributed by atoms with Crippen LogP contribution in [0.1, 0.15) is 204 Å². The molecule has 148 heavy (non-hydrogen) atoms. The number of aliphatic hydroxyl groups is 3. The van der Waals surface area contributed by atoms with E-state index in [2.05, 4.69) is 73.4 Å². The van der Waals surface area contributed by atoms with E-state index in [0.29, 0.717) is 34.1 Å². The van der Waals surface area contributed by atoms with Gasteiger partial charge in [0.1, 0.15) is 83.0 Å². The Morgan fingerprint density at radius 1 is 0.655 bits per heavy atom. The number of unbranched alkanes of at least 4 members (excludes halogenated alkanes) is 1. The minimum absolute atomic E-state index is 0.00453. The molecule has 0 spiro atoms. The van der Waals surface area contributed by atoms with Crippen molar-refractivity contribution in [2.75, 3.05) is 46.5 Å². The van der Waals surface area contributed by atoms with Gasteiger partial charge in [-0.1, -0.05) is 56.3 Å². The van der Waals surface area contributed by atoms with Crippen LogP contribution in [-0.4, -0.2) is 315 Å². The minimum atomic E-state index is -2.58. The molecule has 4 aromatic carbocycles. The molecule has 5 heterocycles. The second-order valence-corrected chi connectivity index (χ2v) is 36.4. The summed E-state index contributed by atoms with van der Waals surface area (Å²) in [6, 6.07) is 2.49. The van der Waals surface area contributed by atoms with Crippen LogP contribution < -0.4 is 80.4 Å². The van der Waals surface area contributed by atoms with E-state index in [1.807, 2.05) is 0 Å². The number of guanidine groups is 1. The lowest BCUT2D eigenvalue weighted by atomic mass is 9.72. The number of nitrogens with one attached hydrogen (secondary N) is 14. The number of aliphatic hydroxyl groups excluding tert-OH is 2. The first-order valence-corrected chi connectivity index (χ1v) is 47.7. The number of carboxylic acids is 3. The molecule has 804 valence electrons. The SMILES string of the molecule is CC(=O)O.CC(=O)O.CC(=O)O.COc1cccc2c1C(=O)c1c(O)c3c(c(O)c1C2=O)C[C@@](O)(C(=O)COC(=O)CCCC(=O)NCCCC[C@@H](NC(=O)[C@H](Cc1ccc(O)cc1)NC(=O)[C@H](CO)NC(=O)[C@H](Cc1c[nH]c2ccccc12)NC(=O)[C@H](Cc1cnc[nH]1)NC(=O)[C@@H]1CCC(=O)N1)C(=O)N[C@@H](CC(C)C)C(=O)N[C@@H](CCCNC(=N)N)C(=O)N1CCC[C@H]1C(=O)NCC(N)=O)C[C@@H]3O[C@H]1C[C@H](N)[C@H](O)[C@H](C)O1. The number of carboxylic acid groups (broad SMARTS) is 3. The number of imidazole rings is 1. The highest BCUT2D eigenvalue weighted by Gasteiger charge is 2.52. The molecule has 51 nitrogen and oxygen atoms in total.